The van der Waals surface area contributed by atoms with Gasteiger partial charge in [-0.3, -0.25) is 14.4 Å². The third kappa shape index (κ3) is 4.88. The fraction of sp³-hybridized carbons (Fsp3) is 0.444. The van der Waals surface area contributed by atoms with Crippen molar-refractivity contribution < 1.29 is 23.9 Å². The summed E-state index contributed by atoms with van der Waals surface area (Å²) in [5.41, 5.74) is 2.53. The van der Waals surface area contributed by atoms with Crippen LogP contribution in [0.2, 0.25) is 0 Å². The van der Waals surface area contributed by atoms with Crippen molar-refractivity contribution in [3.05, 3.63) is 59.9 Å². The SMILES string of the molecule is O=C(O)CCC(=O)N(C1CC1)C1c2ccccc2N(CC(=O)Nc2ccc(F)cc2)C2CCCC21. The predicted molar refractivity (Wildman–Crippen MR) is 129 cm³/mol. The van der Waals surface area contributed by atoms with Crippen LogP contribution >= 0.6 is 0 Å². The van der Waals surface area contributed by atoms with Crippen molar-refractivity contribution >= 4 is 29.2 Å². The summed E-state index contributed by atoms with van der Waals surface area (Å²) in [7, 11) is 0. The zero-order chi connectivity index (χ0) is 24.5. The van der Waals surface area contributed by atoms with Crippen molar-refractivity contribution in [1.82, 2.24) is 4.90 Å². The average Bonchev–Trinajstić information content (AvgIpc) is 3.56. The lowest BCUT2D eigenvalue weighted by molar-refractivity contribution is -0.142. The lowest BCUT2D eigenvalue weighted by atomic mass is 9.81. The van der Waals surface area contributed by atoms with Crippen LogP contribution < -0.4 is 10.2 Å². The predicted octanol–water partition coefficient (Wildman–Crippen LogP) is 4.35. The Morgan fingerprint density at radius 1 is 1.00 bits per heavy atom. The van der Waals surface area contributed by atoms with Crippen molar-refractivity contribution in [1.29, 1.82) is 0 Å². The van der Waals surface area contributed by atoms with Gasteiger partial charge in [0.25, 0.3) is 0 Å². The summed E-state index contributed by atoms with van der Waals surface area (Å²) in [4.78, 5) is 41.5. The largest absolute Gasteiger partial charge is 0.481 e. The van der Waals surface area contributed by atoms with Crippen molar-refractivity contribution in [2.45, 2.75) is 63.1 Å². The van der Waals surface area contributed by atoms with Gasteiger partial charge in [-0.05, 0) is 61.6 Å². The number of amides is 2. The number of carbonyl (C=O) groups excluding carboxylic acids is 2. The van der Waals surface area contributed by atoms with Crippen LogP contribution in [-0.4, -0.2) is 46.4 Å². The molecule has 0 aromatic heterocycles. The summed E-state index contributed by atoms with van der Waals surface area (Å²) in [6.45, 7) is 0.165. The Morgan fingerprint density at radius 2 is 1.74 bits per heavy atom. The lowest BCUT2D eigenvalue weighted by Gasteiger charge is -2.48. The number of carboxylic acids is 1. The molecule has 35 heavy (non-hydrogen) atoms. The minimum absolute atomic E-state index is 0.00563. The molecular formula is C27H30FN3O4. The monoisotopic (exact) mass is 479 g/mol. The summed E-state index contributed by atoms with van der Waals surface area (Å²) in [5.74, 6) is -1.41. The molecule has 7 nitrogen and oxygen atoms in total. The Bertz CT molecular complexity index is 1120. The minimum Gasteiger partial charge on any atom is -0.481 e. The van der Waals surface area contributed by atoms with Gasteiger partial charge in [-0.25, -0.2) is 4.39 Å². The number of para-hydroxylation sites is 1. The van der Waals surface area contributed by atoms with Crippen LogP contribution in [0.4, 0.5) is 15.8 Å². The Labute approximate surface area is 203 Å². The molecule has 0 bridgehead atoms. The maximum Gasteiger partial charge on any atom is 0.303 e. The molecule has 184 valence electrons. The highest BCUT2D eigenvalue weighted by molar-refractivity contribution is 5.94. The van der Waals surface area contributed by atoms with E-state index in [2.05, 4.69) is 10.2 Å². The van der Waals surface area contributed by atoms with Crippen LogP contribution in [0.3, 0.4) is 0 Å². The van der Waals surface area contributed by atoms with Gasteiger partial charge in [0.1, 0.15) is 5.82 Å². The van der Waals surface area contributed by atoms with Gasteiger partial charge in [0, 0.05) is 35.8 Å². The molecule has 8 heteroatoms. The Balaban J connectivity index is 1.43. The third-order valence-corrected chi connectivity index (χ3v) is 7.42. The van der Waals surface area contributed by atoms with Crippen LogP contribution in [0.5, 0.6) is 0 Å². The first-order valence-electron chi connectivity index (χ1n) is 12.4. The van der Waals surface area contributed by atoms with Crippen molar-refractivity contribution in [2.24, 2.45) is 5.92 Å². The quantitative estimate of drug-likeness (QED) is 0.588. The zero-order valence-electron chi connectivity index (χ0n) is 19.5. The number of anilines is 2. The maximum atomic E-state index is 13.3. The maximum absolute atomic E-state index is 13.3. The highest BCUT2D eigenvalue weighted by Crippen LogP contribution is 2.52. The van der Waals surface area contributed by atoms with E-state index < -0.39 is 5.97 Å². The molecule has 5 rings (SSSR count). The van der Waals surface area contributed by atoms with Gasteiger partial charge in [-0.2, -0.15) is 0 Å². The van der Waals surface area contributed by atoms with E-state index in [1.165, 1.54) is 12.1 Å². The van der Waals surface area contributed by atoms with E-state index >= 15 is 0 Å². The molecule has 1 heterocycles. The summed E-state index contributed by atoms with van der Waals surface area (Å²) >= 11 is 0. The number of hydrogen-bond acceptors (Lipinski definition) is 4. The molecule has 3 aliphatic rings. The Hall–Kier alpha value is -3.42. The number of nitrogens with zero attached hydrogens (tertiary/aromatic N) is 2. The van der Waals surface area contributed by atoms with Gasteiger partial charge >= 0.3 is 5.97 Å². The normalized spacial score (nSPS) is 22.8. The Kier molecular flexibility index (Phi) is 6.45. The van der Waals surface area contributed by atoms with E-state index in [9.17, 15) is 18.8 Å². The van der Waals surface area contributed by atoms with E-state index in [-0.39, 0.29) is 61.1 Å². The molecular weight excluding hydrogens is 449 g/mol. The fourth-order valence-electron chi connectivity index (χ4n) is 5.86. The molecule has 0 saturated heterocycles. The molecule has 2 aromatic rings. The summed E-state index contributed by atoms with van der Waals surface area (Å²) in [5, 5.41) is 12.0. The van der Waals surface area contributed by atoms with Gasteiger partial charge in [0.05, 0.1) is 19.0 Å². The molecule has 2 N–H and O–H groups in total. The van der Waals surface area contributed by atoms with Gasteiger partial charge in [0.15, 0.2) is 0 Å². The standard InChI is InChI=1S/C27H30FN3O4/c28-17-8-10-18(11-9-17)29-24(32)16-30-22-6-2-1-4-20(22)27(21-5-3-7-23(21)30)31(19-12-13-19)25(33)14-15-26(34)35/h1-2,4,6,8-11,19,21,23,27H,3,5,7,12-16H2,(H,29,32)(H,34,35). The fourth-order valence-corrected chi connectivity index (χ4v) is 5.86. The average molecular weight is 480 g/mol. The number of halogens is 1. The Morgan fingerprint density at radius 3 is 2.46 bits per heavy atom. The topological polar surface area (TPSA) is 90.0 Å². The summed E-state index contributed by atoms with van der Waals surface area (Å²) in [6, 6.07) is 13.8. The van der Waals surface area contributed by atoms with E-state index in [0.29, 0.717) is 5.69 Å². The third-order valence-electron chi connectivity index (χ3n) is 7.42. The number of carbonyl (C=O) groups is 3. The first kappa shape index (κ1) is 23.3. The number of nitrogens with one attached hydrogen (secondary N) is 1. The minimum atomic E-state index is -0.963. The first-order chi connectivity index (χ1) is 16.9. The van der Waals surface area contributed by atoms with Crippen LogP contribution in [-0.2, 0) is 14.4 Å². The van der Waals surface area contributed by atoms with Crippen molar-refractivity contribution in [2.75, 3.05) is 16.8 Å². The molecule has 0 radical (unpaired) electrons. The number of aliphatic carboxylic acids is 1. The van der Waals surface area contributed by atoms with E-state index in [1.54, 1.807) is 12.1 Å². The lowest BCUT2D eigenvalue weighted by Crippen LogP contribution is -2.52. The summed E-state index contributed by atoms with van der Waals surface area (Å²) in [6.07, 6.45) is 4.62. The number of carboxylic acid groups (broad SMARTS) is 1. The second-order valence-electron chi connectivity index (χ2n) is 9.77. The van der Waals surface area contributed by atoms with E-state index in [0.717, 1.165) is 43.4 Å². The van der Waals surface area contributed by atoms with E-state index in [1.807, 2.05) is 29.2 Å². The molecule has 2 saturated carbocycles. The number of benzene rings is 2. The van der Waals surface area contributed by atoms with Gasteiger partial charge in [-0.1, -0.05) is 24.6 Å². The van der Waals surface area contributed by atoms with Crippen LogP contribution in [0, 0.1) is 11.7 Å². The number of rotatable bonds is 8. The molecule has 2 fully saturated rings. The highest BCUT2D eigenvalue weighted by atomic mass is 19.1. The molecule has 0 spiro atoms. The molecule has 3 unspecified atom stereocenters. The van der Waals surface area contributed by atoms with Gasteiger partial charge < -0.3 is 20.2 Å². The van der Waals surface area contributed by atoms with Crippen LogP contribution in [0.1, 0.15) is 56.6 Å². The smallest absolute Gasteiger partial charge is 0.303 e. The highest BCUT2D eigenvalue weighted by Gasteiger charge is 2.50. The molecule has 1 aliphatic heterocycles. The van der Waals surface area contributed by atoms with Crippen LogP contribution in [0.25, 0.3) is 0 Å². The van der Waals surface area contributed by atoms with Gasteiger partial charge in [0.2, 0.25) is 11.8 Å². The molecule has 2 aromatic carbocycles. The second-order valence-corrected chi connectivity index (χ2v) is 9.77. The molecule has 2 amide bonds. The second kappa shape index (κ2) is 9.68. The van der Waals surface area contributed by atoms with Crippen molar-refractivity contribution in [3.63, 3.8) is 0 Å². The molecule has 3 atom stereocenters. The van der Waals surface area contributed by atoms with E-state index in [4.69, 9.17) is 5.11 Å². The first-order valence-corrected chi connectivity index (χ1v) is 12.4. The summed E-state index contributed by atoms with van der Waals surface area (Å²) < 4.78 is 13.2. The number of hydrogen-bond donors (Lipinski definition) is 2. The van der Waals surface area contributed by atoms with Gasteiger partial charge in [-0.15, -0.1) is 0 Å². The van der Waals surface area contributed by atoms with Crippen molar-refractivity contribution in [3.8, 4) is 0 Å². The molecule has 2 aliphatic carbocycles. The van der Waals surface area contributed by atoms with Crippen LogP contribution in [0.15, 0.2) is 48.5 Å². The number of fused-ring (bicyclic) bond motifs is 2. The zero-order valence-corrected chi connectivity index (χ0v) is 19.5.